The van der Waals surface area contributed by atoms with Gasteiger partial charge in [-0.3, -0.25) is 4.79 Å². The molecule has 2 aromatic rings. The highest BCUT2D eigenvalue weighted by Gasteiger charge is 2.16. The lowest BCUT2D eigenvalue weighted by Gasteiger charge is -2.16. The highest BCUT2D eigenvalue weighted by Crippen LogP contribution is 2.29. The van der Waals surface area contributed by atoms with Gasteiger partial charge in [0.05, 0.1) is 12.6 Å². The summed E-state index contributed by atoms with van der Waals surface area (Å²) in [6.45, 7) is 11.9. The molecule has 0 aliphatic carbocycles. The Labute approximate surface area is 214 Å². The van der Waals surface area contributed by atoms with Gasteiger partial charge in [0.1, 0.15) is 18.1 Å². The Kier molecular flexibility index (Phi) is 12.1. The highest BCUT2D eigenvalue weighted by molar-refractivity contribution is 5.85. The van der Waals surface area contributed by atoms with Crippen LogP contribution in [0.1, 0.15) is 61.4 Å². The minimum absolute atomic E-state index is 0. The predicted octanol–water partition coefficient (Wildman–Crippen LogP) is 4.17. The van der Waals surface area contributed by atoms with Crippen molar-refractivity contribution in [2.75, 3.05) is 19.8 Å². The molecule has 7 nitrogen and oxygen atoms in total. The SMILES string of the molecule is Cc1cc(OCC(=O)OCCNC(=O)[C@@H](N)C(C)C)cc(C)c1Cc1ccc(O)c(C(C)C)c1.Cl. The summed E-state index contributed by atoms with van der Waals surface area (Å²) >= 11 is 0. The second-order valence-electron chi connectivity index (χ2n) is 9.33. The predicted molar refractivity (Wildman–Crippen MR) is 140 cm³/mol. The van der Waals surface area contributed by atoms with Crippen molar-refractivity contribution in [1.82, 2.24) is 5.32 Å². The van der Waals surface area contributed by atoms with Crippen molar-refractivity contribution in [2.24, 2.45) is 11.7 Å². The molecule has 4 N–H and O–H groups in total. The lowest BCUT2D eigenvalue weighted by atomic mass is 9.93. The molecule has 0 spiro atoms. The number of aryl methyl sites for hydroxylation is 2. The second-order valence-corrected chi connectivity index (χ2v) is 9.33. The number of carbonyl (C=O) groups excluding carboxylic acids is 2. The summed E-state index contributed by atoms with van der Waals surface area (Å²) in [6, 6.07) is 8.99. The Balaban J connectivity index is 0.00000612. The Morgan fingerprint density at radius 2 is 1.69 bits per heavy atom. The molecule has 0 saturated heterocycles. The number of esters is 1. The molecular formula is C27H39ClN2O5. The number of halogens is 1. The number of amides is 1. The molecule has 0 aliphatic rings. The Bertz CT molecular complexity index is 984. The third-order valence-electron chi connectivity index (χ3n) is 5.81. The number of phenols is 1. The summed E-state index contributed by atoms with van der Waals surface area (Å²) in [5.74, 6) is 0.428. The number of nitrogens with two attached hydrogens (primary N) is 1. The maximum Gasteiger partial charge on any atom is 0.344 e. The fourth-order valence-corrected chi connectivity index (χ4v) is 3.64. The zero-order valence-corrected chi connectivity index (χ0v) is 22.3. The van der Waals surface area contributed by atoms with Gasteiger partial charge in [-0.1, -0.05) is 39.8 Å². The number of benzene rings is 2. The van der Waals surface area contributed by atoms with Crippen LogP contribution >= 0.6 is 12.4 Å². The molecule has 0 radical (unpaired) electrons. The standard InChI is InChI=1S/C27H38N2O5.ClH/c1-16(2)22-13-20(7-8-24(22)30)14-23-18(5)11-21(12-19(23)6)34-15-25(31)33-10-9-29-27(32)26(28)17(3)4;/h7-8,11-13,16-17,26,30H,9-10,14-15,28H2,1-6H3,(H,29,32);1H/t26-;/m0./s1. The molecule has 0 bridgehead atoms. The highest BCUT2D eigenvalue weighted by atomic mass is 35.5. The first-order chi connectivity index (χ1) is 16.0. The number of phenolic OH excluding ortho intramolecular Hbond substituents is 1. The van der Waals surface area contributed by atoms with Crippen LogP contribution in [0, 0.1) is 19.8 Å². The van der Waals surface area contributed by atoms with Crippen molar-refractivity contribution in [2.45, 2.75) is 59.9 Å². The Hall–Kier alpha value is -2.77. The van der Waals surface area contributed by atoms with E-state index in [2.05, 4.69) is 25.2 Å². The molecule has 2 rings (SSSR count). The van der Waals surface area contributed by atoms with Crippen LogP contribution in [0.15, 0.2) is 30.3 Å². The van der Waals surface area contributed by atoms with Gasteiger partial charge in [0, 0.05) is 0 Å². The van der Waals surface area contributed by atoms with Crippen LogP contribution < -0.4 is 15.8 Å². The molecule has 0 unspecified atom stereocenters. The number of hydrogen-bond donors (Lipinski definition) is 3. The topological polar surface area (TPSA) is 111 Å². The van der Waals surface area contributed by atoms with E-state index in [-0.39, 0.29) is 49.9 Å². The molecular weight excluding hydrogens is 468 g/mol. The zero-order chi connectivity index (χ0) is 25.4. The summed E-state index contributed by atoms with van der Waals surface area (Å²) in [5, 5.41) is 12.7. The van der Waals surface area contributed by atoms with E-state index in [1.165, 1.54) is 5.56 Å². The number of nitrogens with one attached hydrogen (secondary N) is 1. The summed E-state index contributed by atoms with van der Waals surface area (Å²) < 4.78 is 10.8. The van der Waals surface area contributed by atoms with Crippen molar-refractivity contribution in [1.29, 1.82) is 0 Å². The third kappa shape index (κ3) is 9.07. The maximum absolute atomic E-state index is 12.0. The van der Waals surface area contributed by atoms with Crippen LogP contribution in [-0.2, 0) is 20.7 Å². The van der Waals surface area contributed by atoms with E-state index in [0.29, 0.717) is 11.5 Å². The molecule has 35 heavy (non-hydrogen) atoms. The normalized spacial score (nSPS) is 11.7. The summed E-state index contributed by atoms with van der Waals surface area (Å²) in [6.07, 6.45) is 0.742. The van der Waals surface area contributed by atoms with E-state index >= 15 is 0 Å². The third-order valence-corrected chi connectivity index (χ3v) is 5.81. The van der Waals surface area contributed by atoms with Gasteiger partial charge in [-0.2, -0.15) is 0 Å². The van der Waals surface area contributed by atoms with Crippen molar-refractivity contribution in [3.8, 4) is 11.5 Å². The van der Waals surface area contributed by atoms with E-state index in [1.807, 2.05) is 45.9 Å². The van der Waals surface area contributed by atoms with Gasteiger partial charge in [-0.05, 0) is 78.1 Å². The van der Waals surface area contributed by atoms with E-state index in [1.54, 1.807) is 6.07 Å². The van der Waals surface area contributed by atoms with Gasteiger partial charge in [0.15, 0.2) is 6.61 Å². The van der Waals surface area contributed by atoms with E-state index in [4.69, 9.17) is 15.2 Å². The first kappa shape index (κ1) is 30.3. The molecule has 0 saturated carbocycles. The van der Waals surface area contributed by atoms with Gasteiger partial charge < -0.3 is 25.6 Å². The number of carbonyl (C=O) groups is 2. The molecule has 0 aliphatic heterocycles. The minimum atomic E-state index is -0.584. The minimum Gasteiger partial charge on any atom is -0.508 e. The number of aromatic hydroxyl groups is 1. The molecule has 0 aromatic heterocycles. The van der Waals surface area contributed by atoms with Crippen LogP contribution in [0.2, 0.25) is 0 Å². The average Bonchev–Trinajstić information content (AvgIpc) is 2.77. The summed E-state index contributed by atoms with van der Waals surface area (Å²) in [5.41, 5.74) is 11.1. The molecule has 0 heterocycles. The van der Waals surface area contributed by atoms with Gasteiger partial charge >= 0.3 is 5.97 Å². The fraction of sp³-hybridized carbons (Fsp3) is 0.481. The van der Waals surface area contributed by atoms with E-state index in [0.717, 1.165) is 28.7 Å². The lowest BCUT2D eigenvalue weighted by molar-refractivity contribution is -0.146. The first-order valence-electron chi connectivity index (χ1n) is 11.7. The maximum atomic E-state index is 12.0. The Morgan fingerprint density at radius 3 is 2.26 bits per heavy atom. The van der Waals surface area contributed by atoms with E-state index in [9.17, 15) is 14.7 Å². The molecule has 2 aromatic carbocycles. The zero-order valence-electron chi connectivity index (χ0n) is 21.5. The van der Waals surface area contributed by atoms with Crippen molar-refractivity contribution >= 4 is 24.3 Å². The van der Waals surface area contributed by atoms with Crippen molar-refractivity contribution in [3.63, 3.8) is 0 Å². The lowest BCUT2D eigenvalue weighted by Crippen LogP contribution is -2.45. The molecule has 194 valence electrons. The second kappa shape index (κ2) is 14.0. The van der Waals surface area contributed by atoms with Crippen LogP contribution in [-0.4, -0.2) is 42.8 Å². The molecule has 8 heteroatoms. The Morgan fingerprint density at radius 1 is 1.06 bits per heavy atom. The quantitative estimate of drug-likeness (QED) is 0.311. The fourth-order valence-electron chi connectivity index (χ4n) is 3.64. The van der Waals surface area contributed by atoms with Gasteiger partial charge in [-0.15, -0.1) is 12.4 Å². The number of rotatable bonds is 11. The van der Waals surface area contributed by atoms with Gasteiger partial charge in [-0.25, -0.2) is 4.79 Å². The van der Waals surface area contributed by atoms with Crippen LogP contribution in [0.25, 0.3) is 0 Å². The summed E-state index contributed by atoms with van der Waals surface area (Å²) in [4.78, 5) is 23.8. The van der Waals surface area contributed by atoms with Gasteiger partial charge in [0.25, 0.3) is 0 Å². The monoisotopic (exact) mass is 506 g/mol. The number of ether oxygens (including phenoxy) is 2. The van der Waals surface area contributed by atoms with Crippen LogP contribution in [0.4, 0.5) is 0 Å². The van der Waals surface area contributed by atoms with Crippen LogP contribution in [0.5, 0.6) is 11.5 Å². The molecule has 1 amide bonds. The molecule has 1 atom stereocenters. The largest absolute Gasteiger partial charge is 0.508 e. The summed E-state index contributed by atoms with van der Waals surface area (Å²) in [7, 11) is 0. The first-order valence-corrected chi connectivity index (χ1v) is 11.7. The van der Waals surface area contributed by atoms with Crippen molar-refractivity contribution < 1.29 is 24.2 Å². The molecule has 0 fully saturated rings. The van der Waals surface area contributed by atoms with E-state index < -0.39 is 12.0 Å². The van der Waals surface area contributed by atoms with Gasteiger partial charge in [0.2, 0.25) is 5.91 Å². The number of hydrogen-bond acceptors (Lipinski definition) is 6. The average molecular weight is 507 g/mol. The van der Waals surface area contributed by atoms with Crippen molar-refractivity contribution in [3.05, 3.63) is 58.1 Å². The van der Waals surface area contributed by atoms with Crippen LogP contribution in [0.3, 0.4) is 0 Å². The smallest absolute Gasteiger partial charge is 0.344 e.